The number of carboxylic acid groups (broad SMARTS) is 1. The lowest BCUT2D eigenvalue weighted by molar-refractivity contribution is -0.126. The van der Waals surface area contributed by atoms with Gasteiger partial charge >= 0.3 is 6.09 Å². The highest BCUT2D eigenvalue weighted by Crippen LogP contribution is 2.17. The van der Waals surface area contributed by atoms with Crippen molar-refractivity contribution >= 4 is 12.0 Å². The standard InChI is InChI=1S/C7H14N2O3/c1-7(2,5(8)10)3-4-9-6(11)12/h9H,3-4H2,1-2H3,(H2,8,10)(H,11,12). The molecule has 0 heterocycles. The van der Waals surface area contributed by atoms with Crippen LogP contribution in [-0.4, -0.2) is 23.7 Å². The molecule has 0 spiro atoms. The normalized spacial score (nSPS) is 10.8. The number of hydrogen-bond donors (Lipinski definition) is 3. The molecular formula is C7H14N2O3. The molecule has 5 nitrogen and oxygen atoms in total. The molecule has 0 aromatic carbocycles. The van der Waals surface area contributed by atoms with Crippen LogP contribution in [0.2, 0.25) is 0 Å². The molecule has 5 heteroatoms. The molecule has 70 valence electrons. The first kappa shape index (κ1) is 10.7. The van der Waals surface area contributed by atoms with Crippen LogP contribution in [0.5, 0.6) is 0 Å². The monoisotopic (exact) mass is 174 g/mol. The molecule has 0 aliphatic carbocycles. The van der Waals surface area contributed by atoms with Gasteiger partial charge in [0.1, 0.15) is 0 Å². The van der Waals surface area contributed by atoms with Gasteiger partial charge in [-0.25, -0.2) is 4.79 Å². The van der Waals surface area contributed by atoms with Crippen LogP contribution in [0, 0.1) is 5.41 Å². The minimum absolute atomic E-state index is 0.241. The Bertz CT molecular complexity index is 189. The zero-order valence-corrected chi connectivity index (χ0v) is 7.26. The average Bonchev–Trinajstić information content (AvgIpc) is 1.85. The smallest absolute Gasteiger partial charge is 0.404 e. The highest BCUT2D eigenvalue weighted by atomic mass is 16.4. The summed E-state index contributed by atoms with van der Waals surface area (Å²) in [5.74, 6) is -0.422. The SMILES string of the molecule is CC(C)(CCNC(=O)O)C(N)=O. The van der Waals surface area contributed by atoms with Crippen molar-refractivity contribution in [2.75, 3.05) is 6.54 Å². The molecular weight excluding hydrogens is 160 g/mol. The van der Waals surface area contributed by atoms with Gasteiger partial charge in [0.05, 0.1) is 0 Å². The van der Waals surface area contributed by atoms with E-state index >= 15 is 0 Å². The first-order chi connectivity index (χ1) is 5.36. The highest BCUT2D eigenvalue weighted by molar-refractivity contribution is 5.79. The lowest BCUT2D eigenvalue weighted by Gasteiger charge is -2.19. The summed E-state index contributed by atoms with van der Waals surface area (Å²) >= 11 is 0. The first-order valence-corrected chi connectivity index (χ1v) is 3.63. The van der Waals surface area contributed by atoms with Gasteiger partial charge in [0.15, 0.2) is 0 Å². The lowest BCUT2D eigenvalue weighted by atomic mass is 9.89. The van der Waals surface area contributed by atoms with Gasteiger partial charge in [-0.2, -0.15) is 0 Å². The van der Waals surface area contributed by atoms with E-state index in [9.17, 15) is 9.59 Å². The molecule has 2 amide bonds. The summed E-state index contributed by atoms with van der Waals surface area (Å²) in [6.45, 7) is 3.60. The Hall–Kier alpha value is -1.26. The molecule has 0 saturated carbocycles. The summed E-state index contributed by atoms with van der Waals surface area (Å²) in [6, 6.07) is 0. The van der Waals surface area contributed by atoms with Crippen LogP contribution in [-0.2, 0) is 4.79 Å². The molecule has 0 aromatic heterocycles. The van der Waals surface area contributed by atoms with Crippen LogP contribution in [0.3, 0.4) is 0 Å². The Morgan fingerprint density at radius 2 is 2.00 bits per heavy atom. The highest BCUT2D eigenvalue weighted by Gasteiger charge is 2.24. The van der Waals surface area contributed by atoms with Gasteiger partial charge in [0.2, 0.25) is 5.91 Å². The van der Waals surface area contributed by atoms with Gasteiger partial charge in [0, 0.05) is 12.0 Å². The molecule has 0 aliphatic rings. The van der Waals surface area contributed by atoms with Crippen molar-refractivity contribution < 1.29 is 14.7 Å². The fourth-order valence-corrected chi connectivity index (χ4v) is 0.605. The summed E-state index contributed by atoms with van der Waals surface area (Å²) < 4.78 is 0. The zero-order valence-electron chi connectivity index (χ0n) is 7.26. The van der Waals surface area contributed by atoms with E-state index in [4.69, 9.17) is 10.8 Å². The van der Waals surface area contributed by atoms with Crippen molar-refractivity contribution in [3.63, 3.8) is 0 Å². The summed E-state index contributed by atoms with van der Waals surface area (Å²) in [4.78, 5) is 20.8. The maximum Gasteiger partial charge on any atom is 0.404 e. The van der Waals surface area contributed by atoms with Gasteiger partial charge in [-0.1, -0.05) is 13.8 Å². The predicted octanol–water partition coefficient (Wildman–Crippen LogP) is 0.156. The second-order valence-electron chi connectivity index (χ2n) is 3.23. The van der Waals surface area contributed by atoms with Crippen LogP contribution in [0.1, 0.15) is 20.3 Å². The second kappa shape index (κ2) is 3.94. The Morgan fingerprint density at radius 3 is 2.33 bits per heavy atom. The number of carbonyl (C=O) groups excluding carboxylic acids is 1. The van der Waals surface area contributed by atoms with Crippen LogP contribution < -0.4 is 11.1 Å². The topological polar surface area (TPSA) is 92.4 Å². The number of rotatable bonds is 4. The summed E-state index contributed by atoms with van der Waals surface area (Å²) in [5.41, 5.74) is 4.42. The van der Waals surface area contributed by atoms with Gasteiger partial charge in [-0.15, -0.1) is 0 Å². The average molecular weight is 174 g/mol. The number of carbonyl (C=O) groups is 2. The third-order valence-electron chi connectivity index (χ3n) is 1.69. The van der Waals surface area contributed by atoms with Crippen LogP contribution in [0.4, 0.5) is 4.79 Å². The van der Waals surface area contributed by atoms with Crippen molar-refractivity contribution in [3.05, 3.63) is 0 Å². The van der Waals surface area contributed by atoms with E-state index in [0.29, 0.717) is 6.42 Å². The molecule has 0 aliphatic heterocycles. The van der Waals surface area contributed by atoms with Gasteiger partial charge in [-0.3, -0.25) is 4.79 Å². The van der Waals surface area contributed by atoms with Gasteiger partial charge in [-0.05, 0) is 6.42 Å². The molecule has 0 bridgehead atoms. The minimum atomic E-state index is -1.09. The van der Waals surface area contributed by atoms with E-state index < -0.39 is 17.4 Å². The predicted molar refractivity (Wildman–Crippen MR) is 43.6 cm³/mol. The number of primary amides is 1. The van der Waals surface area contributed by atoms with E-state index in [1.165, 1.54) is 0 Å². The van der Waals surface area contributed by atoms with Gasteiger partial charge < -0.3 is 16.2 Å². The minimum Gasteiger partial charge on any atom is -0.465 e. The fourth-order valence-electron chi connectivity index (χ4n) is 0.605. The molecule has 0 radical (unpaired) electrons. The van der Waals surface area contributed by atoms with E-state index in [1.807, 2.05) is 0 Å². The van der Waals surface area contributed by atoms with E-state index in [2.05, 4.69) is 5.32 Å². The Morgan fingerprint density at radius 1 is 1.50 bits per heavy atom. The second-order valence-corrected chi connectivity index (χ2v) is 3.23. The number of hydrogen-bond acceptors (Lipinski definition) is 2. The third-order valence-corrected chi connectivity index (χ3v) is 1.69. The Kier molecular flexibility index (Phi) is 3.53. The maximum atomic E-state index is 10.7. The molecule has 0 rings (SSSR count). The first-order valence-electron chi connectivity index (χ1n) is 3.63. The molecule has 0 fully saturated rings. The Labute approximate surface area is 70.9 Å². The summed E-state index contributed by atoms with van der Waals surface area (Å²) in [5, 5.41) is 10.4. The van der Waals surface area contributed by atoms with Crippen molar-refractivity contribution in [1.29, 1.82) is 0 Å². The third kappa shape index (κ3) is 3.80. The van der Waals surface area contributed by atoms with Crippen molar-refractivity contribution in [2.24, 2.45) is 11.1 Å². The maximum absolute atomic E-state index is 10.7. The van der Waals surface area contributed by atoms with Crippen molar-refractivity contribution in [2.45, 2.75) is 20.3 Å². The summed E-state index contributed by atoms with van der Waals surface area (Å²) in [7, 11) is 0. The fraction of sp³-hybridized carbons (Fsp3) is 0.714. The lowest BCUT2D eigenvalue weighted by Crippen LogP contribution is -2.35. The van der Waals surface area contributed by atoms with Crippen LogP contribution >= 0.6 is 0 Å². The largest absolute Gasteiger partial charge is 0.465 e. The Balaban J connectivity index is 3.76. The molecule has 0 unspecified atom stereocenters. The number of amides is 2. The van der Waals surface area contributed by atoms with Crippen LogP contribution in [0.15, 0.2) is 0 Å². The molecule has 0 saturated heterocycles. The van der Waals surface area contributed by atoms with E-state index in [-0.39, 0.29) is 6.54 Å². The quantitative estimate of drug-likeness (QED) is 0.566. The molecule has 4 N–H and O–H groups in total. The van der Waals surface area contributed by atoms with Crippen molar-refractivity contribution in [3.8, 4) is 0 Å². The molecule has 0 atom stereocenters. The zero-order chi connectivity index (χ0) is 9.78. The number of nitrogens with one attached hydrogen (secondary N) is 1. The van der Waals surface area contributed by atoms with Gasteiger partial charge in [0.25, 0.3) is 0 Å². The van der Waals surface area contributed by atoms with Crippen LogP contribution in [0.25, 0.3) is 0 Å². The molecule has 0 aromatic rings. The number of nitrogens with two attached hydrogens (primary N) is 1. The molecule has 12 heavy (non-hydrogen) atoms. The van der Waals surface area contributed by atoms with E-state index in [1.54, 1.807) is 13.8 Å². The van der Waals surface area contributed by atoms with Crippen molar-refractivity contribution in [1.82, 2.24) is 5.32 Å². The van der Waals surface area contributed by atoms with E-state index in [0.717, 1.165) is 0 Å². The summed E-state index contributed by atoms with van der Waals surface area (Å²) in [6.07, 6.45) is -0.676.